The summed E-state index contributed by atoms with van der Waals surface area (Å²) < 4.78 is 29.0. The van der Waals surface area contributed by atoms with Gasteiger partial charge in [-0.05, 0) is 42.9 Å². The Morgan fingerprint density at radius 1 is 1.31 bits per heavy atom. The highest BCUT2D eigenvalue weighted by molar-refractivity contribution is 7.89. The number of aryl methyl sites for hydroxylation is 1. The molecule has 1 aliphatic heterocycles. The molecule has 1 saturated heterocycles. The van der Waals surface area contributed by atoms with Crippen molar-refractivity contribution in [2.75, 3.05) is 13.1 Å². The predicted octanol–water partition coefficient (Wildman–Crippen LogP) is 2.56. The van der Waals surface area contributed by atoms with Crippen LogP contribution >= 0.6 is 0 Å². The lowest BCUT2D eigenvalue weighted by atomic mass is 9.91. The van der Waals surface area contributed by atoms with Crippen LogP contribution < -0.4 is 0 Å². The first-order valence-electron chi connectivity index (χ1n) is 8.77. The van der Waals surface area contributed by atoms with Gasteiger partial charge in [-0.1, -0.05) is 19.1 Å². The lowest BCUT2D eigenvalue weighted by Crippen LogP contribution is -2.39. The topological polar surface area (TPSA) is 92.5 Å². The molecule has 0 radical (unpaired) electrons. The molecule has 0 amide bonds. The van der Waals surface area contributed by atoms with Crippen molar-refractivity contribution in [3.05, 3.63) is 47.8 Å². The Labute approximate surface area is 153 Å². The zero-order valence-corrected chi connectivity index (χ0v) is 15.5. The van der Waals surface area contributed by atoms with Crippen LogP contribution in [0.15, 0.2) is 41.6 Å². The first-order chi connectivity index (χ1) is 12.4. The van der Waals surface area contributed by atoms with E-state index >= 15 is 0 Å². The van der Waals surface area contributed by atoms with Crippen molar-refractivity contribution in [3.63, 3.8) is 0 Å². The number of carboxylic acid groups (broad SMARTS) is 1. The zero-order chi connectivity index (χ0) is 18.7. The maximum Gasteiger partial charge on any atom is 0.335 e. The smallest absolute Gasteiger partial charge is 0.335 e. The molecule has 0 aliphatic carbocycles. The second-order valence-corrected chi connectivity index (χ2v) is 8.51. The summed E-state index contributed by atoms with van der Waals surface area (Å²) >= 11 is 0. The van der Waals surface area contributed by atoms with Crippen molar-refractivity contribution >= 4 is 16.0 Å². The van der Waals surface area contributed by atoms with Gasteiger partial charge in [0.05, 0.1) is 11.8 Å². The number of aromatic nitrogens is 2. The molecule has 0 saturated carbocycles. The van der Waals surface area contributed by atoms with Gasteiger partial charge >= 0.3 is 5.97 Å². The van der Waals surface area contributed by atoms with E-state index in [1.54, 1.807) is 35.1 Å². The van der Waals surface area contributed by atoms with E-state index in [1.165, 1.54) is 10.5 Å². The SMILES string of the molecule is CCCn1cc(S(=O)(=O)N2CCC[C@@H](c3ccc(C(=O)O)cc3)C2)cn1. The number of benzene rings is 1. The molecule has 2 heterocycles. The van der Waals surface area contributed by atoms with Crippen molar-refractivity contribution in [1.29, 1.82) is 0 Å². The van der Waals surface area contributed by atoms with Crippen LogP contribution in [0.25, 0.3) is 0 Å². The zero-order valence-electron chi connectivity index (χ0n) is 14.7. The average Bonchev–Trinajstić information content (AvgIpc) is 3.12. The van der Waals surface area contributed by atoms with Gasteiger partial charge in [-0.25, -0.2) is 13.2 Å². The van der Waals surface area contributed by atoms with Crippen LogP contribution in [0.2, 0.25) is 0 Å². The van der Waals surface area contributed by atoms with Crippen molar-refractivity contribution < 1.29 is 18.3 Å². The second-order valence-electron chi connectivity index (χ2n) is 6.57. The molecule has 8 heteroatoms. The molecule has 1 aromatic heterocycles. The number of sulfonamides is 1. The fourth-order valence-electron chi connectivity index (χ4n) is 3.31. The largest absolute Gasteiger partial charge is 0.478 e. The van der Waals surface area contributed by atoms with E-state index in [9.17, 15) is 13.2 Å². The van der Waals surface area contributed by atoms with Gasteiger partial charge in [0.1, 0.15) is 4.90 Å². The third-order valence-corrected chi connectivity index (χ3v) is 6.53. The molecular weight excluding hydrogens is 354 g/mol. The number of rotatable bonds is 6. The van der Waals surface area contributed by atoms with Gasteiger partial charge < -0.3 is 5.11 Å². The van der Waals surface area contributed by atoms with Gasteiger partial charge in [-0.3, -0.25) is 4.68 Å². The van der Waals surface area contributed by atoms with Crippen LogP contribution in [0.5, 0.6) is 0 Å². The minimum Gasteiger partial charge on any atom is -0.478 e. The van der Waals surface area contributed by atoms with E-state index in [2.05, 4.69) is 5.10 Å². The Morgan fingerprint density at radius 3 is 2.69 bits per heavy atom. The fourth-order valence-corrected chi connectivity index (χ4v) is 4.79. The maximum atomic E-state index is 12.9. The maximum absolute atomic E-state index is 12.9. The first kappa shape index (κ1) is 18.6. The highest BCUT2D eigenvalue weighted by atomic mass is 32.2. The van der Waals surface area contributed by atoms with Gasteiger partial charge in [0.15, 0.2) is 0 Å². The molecule has 2 aromatic rings. The Bertz CT molecular complexity index is 874. The summed E-state index contributed by atoms with van der Waals surface area (Å²) in [5.41, 5.74) is 1.20. The quantitative estimate of drug-likeness (QED) is 0.835. The van der Waals surface area contributed by atoms with E-state index in [0.717, 1.165) is 24.8 Å². The molecule has 7 nitrogen and oxygen atoms in total. The van der Waals surface area contributed by atoms with Crippen molar-refractivity contribution in [2.24, 2.45) is 0 Å². The molecule has 1 aliphatic rings. The molecule has 0 spiro atoms. The molecule has 0 bridgehead atoms. The van der Waals surface area contributed by atoms with Gasteiger partial charge in [0, 0.05) is 25.8 Å². The first-order valence-corrected chi connectivity index (χ1v) is 10.2. The number of carboxylic acids is 1. The lowest BCUT2D eigenvalue weighted by molar-refractivity contribution is 0.0697. The Morgan fingerprint density at radius 2 is 2.04 bits per heavy atom. The van der Waals surface area contributed by atoms with Gasteiger partial charge in [0.25, 0.3) is 0 Å². The monoisotopic (exact) mass is 377 g/mol. The highest BCUT2D eigenvalue weighted by Gasteiger charge is 2.31. The Kier molecular flexibility index (Phi) is 5.43. The average molecular weight is 377 g/mol. The standard InChI is InChI=1S/C18H23N3O4S/c1-2-9-20-13-17(11-19-20)26(24,25)21-10-3-4-16(12-21)14-5-7-15(8-6-14)18(22)23/h5-8,11,13,16H,2-4,9-10,12H2,1H3,(H,22,23)/t16-/m1/s1. The summed E-state index contributed by atoms with van der Waals surface area (Å²) in [6.45, 7) is 3.59. The Hall–Kier alpha value is -2.19. The van der Waals surface area contributed by atoms with Gasteiger partial charge in [0.2, 0.25) is 10.0 Å². The van der Waals surface area contributed by atoms with Crippen molar-refractivity contribution in [3.8, 4) is 0 Å². The number of hydrogen-bond acceptors (Lipinski definition) is 4. The summed E-state index contributed by atoms with van der Waals surface area (Å²) in [6, 6.07) is 6.70. The van der Waals surface area contributed by atoms with Crippen molar-refractivity contribution in [2.45, 2.75) is 43.5 Å². The third-order valence-electron chi connectivity index (χ3n) is 4.71. The number of hydrogen-bond donors (Lipinski definition) is 1. The molecule has 1 N–H and O–H groups in total. The summed E-state index contributed by atoms with van der Waals surface area (Å²) in [4.78, 5) is 11.2. The second kappa shape index (κ2) is 7.59. The van der Waals surface area contributed by atoms with E-state index in [0.29, 0.717) is 19.6 Å². The summed E-state index contributed by atoms with van der Waals surface area (Å²) in [7, 11) is -3.57. The number of aromatic carboxylic acids is 1. The summed E-state index contributed by atoms with van der Waals surface area (Å²) in [6.07, 6.45) is 5.54. The molecule has 0 unspecified atom stereocenters. The van der Waals surface area contributed by atoms with E-state index < -0.39 is 16.0 Å². The van der Waals surface area contributed by atoms with Crippen molar-refractivity contribution in [1.82, 2.24) is 14.1 Å². The lowest BCUT2D eigenvalue weighted by Gasteiger charge is -2.31. The van der Waals surface area contributed by atoms with Gasteiger partial charge in [-0.2, -0.15) is 9.40 Å². The van der Waals surface area contributed by atoms with Crippen LogP contribution in [0.3, 0.4) is 0 Å². The molecule has 1 aromatic carbocycles. The summed E-state index contributed by atoms with van der Waals surface area (Å²) in [5.74, 6) is -0.902. The number of carbonyl (C=O) groups is 1. The molecule has 1 atom stereocenters. The number of nitrogens with zero attached hydrogens (tertiary/aromatic N) is 3. The minimum absolute atomic E-state index is 0.0621. The third kappa shape index (κ3) is 3.81. The van der Waals surface area contributed by atoms with Crippen LogP contribution in [-0.2, 0) is 16.6 Å². The highest BCUT2D eigenvalue weighted by Crippen LogP contribution is 2.30. The van der Waals surface area contributed by atoms with E-state index in [-0.39, 0.29) is 16.4 Å². The fraction of sp³-hybridized carbons (Fsp3) is 0.444. The number of piperidine rings is 1. The minimum atomic E-state index is -3.57. The molecule has 140 valence electrons. The van der Waals surface area contributed by atoms with Crippen LogP contribution in [-0.4, -0.2) is 46.7 Å². The predicted molar refractivity (Wildman–Crippen MR) is 96.7 cm³/mol. The molecule has 26 heavy (non-hydrogen) atoms. The van der Waals surface area contributed by atoms with Crippen LogP contribution in [0.4, 0.5) is 0 Å². The van der Waals surface area contributed by atoms with E-state index in [4.69, 9.17) is 5.11 Å². The molecule has 1 fully saturated rings. The molecule has 3 rings (SSSR count). The van der Waals surface area contributed by atoms with E-state index in [1.807, 2.05) is 6.92 Å². The normalized spacial score (nSPS) is 18.7. The van der Waals surface area contributed by atoms with Crippen LogP contribution in [0.1, 0.15) is 48.0 Å². The summed E-state index contributed by atoms with van der Waals surface area (Å²) in [5, 5.41) is 13.1. The van der Waals surface area contributed by atoms with Crippen LogP contribution in [0, 0.1) is 0 Å². The Balaban J connectivity index is 1.77. The molecular formula is C18H23N3O4S. The van der Waals surface area contributed by atoms with Gasteiger partial charge in [-0.15, -0.1) is 0 Å².